The molecule has 2 atom stereocenters. The number of aliphatic hydroxyl groups excluding tert-OH is 2. The molecule has 1 rings (SSSR count). The molecule has 0 aromatic heterocycles. The highest BCUT2D eigenvalue weighted by molar-refractivity contribution is 6.30. The van der Waals surface area contributed by atoms with Crippen LogP contribution in [0.1, 0.15) is 18.6 Å². The fourth-order valence-corrected chi connectivity index (χ4v) is 1.92. The quantitative estimate of drug-likeness (QED) is 0.515. The van der Waals surface area contributed by atoms with E-state index >= 15 is 0 Å². The van der Waals surface area contributed by atoms with Crippen molar-refractivity contribution in [2.24, 2.45) is 0 Å². The van der Waals surface area contributed by atoms with Gasteiger partial charge >= 0.3 is 0 Å². The maximum Gasteiger partial charge on any atom is 0.126 e. The lowest BCUT2D eigenvalue weighted by molar-refractivity contribution is -0.662. The minimum atomic E-state index is -0.516. The third-order valence-electron chi connectivity index (χ3n) is 3.02. The highest BCUT2D eigenvalue weighted by Gasteiger charge is 2.11. The molecule has 5 nitrogen and oxygen atoms in total. The minimum Gasteiger partial charge on any atom is -0.394 e. The Bertz CT molecular complexity index is 374. The normalized spacial score (nSPS) is 14.1. The van der Waals surface area contributed by atoms with Crippen LogP contribution in [0.4, 0.5) is 0 Å². The van der Waals surface area contributed by atoms with Gasteiger partial charge in [-0.15, -0.1) is 0 Å². The lowest BCUT2D eigenvalue weighted by Crippen LogP contribution is -2.87. The number of hydrogen-bond acceptors (Lipinski definition) is 4. The number of benzene rings is 1. The van der Waals surface area contributed by atoms with E-state index in [1.54, 1.807) is 0 Å². The number of ether oxygens (including phenoxy) is 2. The third-order valence-corrected chi connectivity index (χ3v) is 3.27. The number of aliphatic hydroxyl groups is 2. The van der Waals surface area contributed by atoms with Crippen LogP contribution in [0, 0.1) is 0 Å². The smallest absolute Gasteiger partial charge is 0.126 e. The molecule has 0 radical (unpaired) electrons. The maximum absolute atomic E-state index is 9.83. The number of halogens is 1. The van der Waals surface area contributed by atoms with Crippen molar-refractivity contribution in [2.75, 3.05) is 39.5 Å². The number of nitrogens with two attached hydrogens (primary N) is 1. The Labute approximate surface area is 130 Å². The van der Waals surface area contributed by atoms with Crippen LogP contribution in [0.3, 0.4) is 0 Å². The number of rotatable bonds is 11. The van der Waals surface area contributed by atoms with Gasteiger partial charge in [0.25, 0.3) is 0 Å². The summed E-state index contributed by atoms with van der Waals surface area (Å²) in [5, 5.41) is 21.0. The highest BCUT2D eigenvalue weighted by atomic mass is 35.5. The van der Waals surface area contributed by atoms with Crippen molar-refractivity contribution < 1.29 is 25.0 Å². The molecule has 21 heavy (non-hydrogen) atoms. The lowest BCUT2D eigenvalue weighted by Gasteiger charge is -2.16. The molecule has 4 N–H and O–H groups in total. The summed E-state index contributed by atoms with van der Waals surface area (Å²) in [6.07, 6.45) is -0.595. The zero-order valence-electron chi connectivity index (χ0n) is 12.4. The van der Waals surface area contributed by atoms with Crippen LogP contribution in [-0.4, -0.2) is 55.8 Å². The number of hydrogen-bond donors (Lipinski definition) is 3. The van der Waals surface area contributed by atoms with E-state index in [-0.39, 0.29) is 19.3 Å². The van der Waals surface area contributed by atoms with Crippen molar-refractivity contribution in [1.29, 1.82) is 0 Å². The Balaban J connectivity index is 2.11. The average Bonchev–Trinajstić information content (AvgIpc) is 2.49. The topological polar surface area (TPSA) is 75.5 Å². The van der Waals surface area contributed by atoms with E-state index in [1.807, 2.05) is 36.5 Å². The predicted molar refractivity (Wildman–Crippen MR) is 81.4 cm³/mol. The van der Waals surface area contributed by atoms with Crippen molar-refractivity contribution in [1.82, 2.24) is 0 Å². The fraction of sp³-hybridized carbons (Fsp3) is 0.600. The Morgan fingerprint density at radius 2 is 1.95 bits per heavy atom. The van der Waals surface area contributed by atoms with Gasteiger partial charge in [0.05, 0.1) is 39.1 Å². The van der Waals surface area contributed by atoms with Crippen LogP contribution in [-0.2, 0) is 9.47 Å². The van der Waals surface area contributed by atoms with Crippen molar-refractivity contribution >= 4 is 11.6 Å². The van der Waals surface area contributed by atoms with Gasteiger partial charge in [-0.25, -0.2) is 0 Å². The second-order valence-corrected chi connectivity index (χ2v) is 5.27. The van der Waals surface area contributed by atoms with Crippen molar-refractivity contribution in [3.63, 3.8) is 0 Å². The van der Waals surface area contributed by atoms with Gasteiger partial charge in [-0.1, -0.05) is 23.7 Å². The van der Waals surface area contributed by atoms with Gasteiger partial charge in [-0.2, -0.15) is 0 Å². The van der Waals surface area contributed by atoms with Crippen molar-refractivity contribution in [3.05, 3.63) is 34.9 Å². The Morgan fingerprint density at radius 1 is 1.24 bits per heavy atom. The molecule has 0 aliphatic heterocycles. The molecular weight excluding hydrogens is 294 g/mol. The Hall–Kier alpha value is -0.690. The van der Waals surface area contributed by atoms with Gasteiger partial charge in [-0.05, 0) is 24.6 Å². The van der Waals surface area contributed by atoms with E-state index < -0.39 is 6.10 Å². The zero-order valence-corrected chi connectivity index (χ0v) is 13.1. The summed E-state index contributed by atoms with van der Waals surface area (Å²) in [6.45, 7) is 4.52. The molecule has 0 saturated carbocycles. The Morgan fingerprint density at radius 3 is 2.62 bits per heavy atom. The van der Waals surface area contributed by atoms with E-state index in [2.05, 4.69) is 0 Å². The maximum atomic E-state index is 9.83. The molecule has 1 aromatic rings. The summed E-state index contributed by atoms with van der Waals surface area (Å²) in [7, 11) is 0. The molecular formula is C15H25ClNO4+. The molecule has 0 bridgehead atoms. The summed E-state index contributed by atoms with van der Waals surface area (Å²) in [4.78, 5) is 0. The van der Waals surface area contributed by atoms with Gasteiger partial charge in [0.2, 0.25) is 0 Å². The van der Waals surface area contributed by atoms with Crippen molar-refractivity contribution in [2.45, 2.75) is 19.1 Å². The van der Waals surface area contributed by atoms with Crippen LogP contribution in [0.5, 0.6) is 0 Å². The van der Waals surface area contributed by atoms with Crippen LogP contribution in [0.15, 0.2) is 24.3 Å². The summed E-state index contributed by atoms with van der Waals surface area (Å²) < 4.78 is 10.8. The third kappa shape index (κ3) is 8.36. The molecule has 0 spiro atoms. The molecule has 0 aliphatic carbocycles. The largest absolute Gasteiger partial charge is 0.394 e. The average molecular weight is 319 g/mol. The second kappa shape index (κ2) is 11.0. The summed E-state index contributed by atoms with van der Waals surface area (Å²) in [5.74, 6) is 0. The van der Waals surface area contributed by atoms with Gasteiger partial charge in [0.15, 0.2) is 0 Å². The first-order chi connectivity index (χ1) is 10.1. The zero-order chi connectivity index (χ0) is 15.5. The molecule has 1 aromatic carbocycles. The first-order valence-corrected chi connectivity index (χ1v) is 7.56. The number of quaternary nitrogens is 1. The first kappa shape index (κ1) is 18.4. The second-order valence-electron chi connectivity index (χ2n) is 4.83. The summed E-state index contributed by atoms with van der Waals surface area (Å²) in [6, 6.07) is 7.49. The summed E-state index contributed by atoms with van der Waals surface area (Å²) >= 11 is 5.84. The molecule has 6 heteroatoms. The van der Waals surface area contributed by atoms with Gasteiger partial charge in [-0.3, -0.25) is 0 Å². The van der Waals surface area contributed by atoms with Crippen LogP contribution in [0.2, 0.25) is 5.02 Å². The monoisotopic (exact) mass is 318 g/mol. The standard InChI is InChI=1S/C15H24ClNO4/c1-12(13-2-4-14(16)5-3-13)21-11-15(19)10-17-6-8-20-9-7-18/h2-5,12,15,17-19H,6-11H2,1H3/p+1/t12-,15-/m1/s1. The molecule has 0 unspecified atom stereocenters. The molecule has 0 amide bonds. The molecule has 0 aliphatic rings. The minimum absolute atomic E-state index is 0.0407. The predicted octanol–water partition coefficient (Wildman–Crippen LogP) is 0.351. The molecule has 0 heterocycles. The van der Waals surface area contributed by atoms with Crippen LogP contribution in [0.25, 0.3) is 0 Å². The van der Waals surface area contributed by atoms with Crippen LogP contribution < -0.4 is 5.32 Å². The first-order valence-electron chi connectivity index (χ1n) is 7.19. The van der Waals surface area contributed by atoms with E-state index in [9.17, 15) is 5.11 Å². The highest BCUT2D eigenvalue weighted by Crippen LogP contribution is 2.19. The molecule has 120 valence electrons. The van der Waals surface area contributed by atoms with Crippen molar-refractivity contribution in [3.8, 4) is 0 Å². The fourth-order valence-electron chi connectivity index (χ4n) is 1.80. The molecule has 0 saturated heterocycles. The summed E-state index contributed by atoms with van der Waals surface area (Å²) in [5.41, 5.74) is 1.04. The Kier molecular flexibility index (Phi) is 9.58. The van der Waals surface area contributed by atoms with E-state index in [4.69, 9.17) is 26.2 Å². The lowest BCUT2D eigenvalue weighted by atomic mass is 10.1. The van der Waals surface area contributed by atoms with E-state index in [0.29, 0.717) is 24.8 Å². The van der Waals surface area contributed by atoms with Crippen LogP contribution >= 0.6 is 11.6 Å². The SMILES string of the molecule is C[C@@H](OC[C@H](O)C[NH2+]CCOCCO)c1ccc(Cl)cc1. The van der Waals surface area contributed by atoms with Gasteiger partial charge < -0.3 is 25.0 Å². The molecule has 0 fully saturated rings. The van der Waals surface area contributed by atoms with Gasteiger partial charge in [0, 0.05) is 5.02 Å². The van der Waals surface area contributed by atoms with Gasteiger partial charge in [0.1, 0.15) is 12.6 Å². The van der Waals surface area contributed by atoms with E-state index in [1.165, 1.54) is 0 Å². The van der Waals surface area contributed by atoms with E-state index in [0.717, 1.165) is 12.1 Å².